The maximum absolute atomic E-state index is 11.0. The van der Waals surface area contributed by atoms with E-state index in [4.69, 9.17) is 5.41 Å². The number of hydrogen-bond donors (Lipinski definition) is 1. The molecule has 2 heterocycles. The van der Waals surface area contributed by atoms with Crippen molar-refractivity contribution < 1.29 is 4.79 Å². The Hall–Kier alpha value is -1.97. The summed E-state index contributed by atoms with van der Waals surface area (Å²) in [5.74, 6) is 0. The molecule has 2 aromatic rings. The molecule has 88 valence electrons. The lowest BCUT2D eigenvalue weighted by molar-refractivity contribution is 0.112. The quantitative estimate of drug-likeness (QED) is 0.647. The molecule has 0 radical (unpaired) electrons. The number of rotatable bonds is 4. The molecule has 1 N–H and O–H groups in total. The lowest BCUT2D eigenvalue weighted by Gasteiger charge is -2.05. The zero-order valence-electron chi connectivity index (χ0n) is 10.0. The molecule has 0 aliphatic rings. The lowest BCUT2D eigenvalue weighted by Crippen LogP contribution is -2.06. The van der Waals surface area contributed by atoms with Crippen molar-refractivity contribution in [3.05, 3.63) is 29.6 Å². The number of hydrogen-bond acceptors (Lipinski definition) is 3. The first-order chi connectivity index (χ1) is 8.15. The van der Waals surface area contributed by atoms with Gasteiger partial charge >= 0.3 is 0 Å². The standard InChI is InChI=1S/C13H15N3O/c1-3-11(14)7-16-6-10(8-17)13-12(16)4-9(2)5-15-13/h4-6,8,14H,3,7H2,1-2H3. The van der Waals surface area contributed by atoms with Crippen molar-refractivity contribution in [2.24, 2.45) is 0 Å². The third-order valence-corrected chi connectivity index (χ3v) is 2.80. The van der Waals surface area contributed by atoms with Gasteiger partial charge in [0.25, 0.3) is 0 Å². The van der Waals surface area contributed by atoms with Gasteiger partial charge in [0.1, 0.15) is 0 Å². The van der Waals surface area contributed by atoms with Crippen LogP contribution in [0, 0.1) is 12.3 Å². The number of nitrogens with zero attached hydrogens (tertiary/aromatic N) is 2. The molecular formula is C13H15N3O. The maximum atomic E-state index is 11.0. The highest BCUT2D eigenvalue weighted by atomic mass is 16.1. The van der Waals surface area contributed by atoms with Gasteiger partial charge in [-0.3, -0.25) is 9.78 Å². The van der Waals surface area contributed by atoms with E-state index in [0.29, 0.717) is 17.8 Å². The zero-order valence-corrected chi connectivity index (χ0v) is 10.0. The number of carbonyl (C=O) groups excluding carboxylic acids is 1. The van der Waals surface area contributed by atoms with E-state index in [9.17, 15) is 4.79 Å². The molecule has 4 heteroatoms. The smallest absolute Gasteiger partial charge is 0.153 e. The molecule has 0 aliphatic carbocycles. The third kappa shape index (κ3) is 2.11. The summed E-state index contributed by atoms with van der Waals surface area (Å²) in [6, 6.07) is 2.00. The van der Waals surface area contributed by atoms with Crippen LogP contribution in [0.4, 0.5) is 0 Å². The van der Waals surface area contributed by atoms with E-state index in [1.807, 2.05) is 24.5 Å². The van der Waals surface area contributed by atoms with Crippen LogP contribution in [0.25, 0.3) is 11.0 Å². The number of nitrogens with one attached hydrogen (secondary N) is 1. The van der Waals surface area contributed by atoms with Crippen molar-refractivity contribution in [2.75, 3.05) is 0 Å². The monoisotopic (exact) mass is 229 g/mol. The number of carbonyl (C=O) groups is 1. The van der Waals surface area contributed by atoms with Crippen LogP contribution in [-0.4, -0.2) is 21.5 Å². The molecule has 4 nitrogen and oxygen atoms in total. The maximum Gasteiger partial charge on any atom is 0.153 e. The van der Waals surface area contributed by atoms with Gasteiger partial charge in [0.2, 0.25) is 0 Å². The Morgan fingerprint density at radius 3 is 3.00 bits per heavy atom. The number of pyridine rings is 1. The summed E-state index contributed by atoms with van der Waals surface area (Å²) >= 11 is 0. The van der Waals surface area contributed by atoms with Gasteiger partial charge in [-0.05, 0) is 25.0 Å². The van der Waals surface area contributed by atoms with Crippen LogP contribution < -0.4 is 0 Å². The third-order valence-electron chi connectivity index (χ3n) is 2.80. The molecule has 0 fully saturated rings. The van der Waals surface area contributed by atoms with Gasteiger partial charge in [-0.2, -0.15) is 0 Å². The molecule has 0 saturated carbocycles. The second-order valence-electron chi connectivity index (χ2n) is 4.17. The van der Waals surface area contributed by atoms with Crippen molar-refractivity contribution in [1.82, 2.24) is 9.55 Å². The highest BCUT2D eigenvalue weighted by Crippen LogP contribution is 2.19. The Balaban J connectivity index is 2.58. The van der Waals surface area contributed by atoms with E-state index in [0.717, 1.165) is 29.3 Å². The summed E-state index contributed by atoms with van der Waals surface area (Å²) in [6.07, 6.45) is 5.06. The van der Waals surface area contributed by atoms with E-state index in [2.05, 4.69) is 4.98 Å². The molecule has 0 saturated heterocycles. The summed E-state index contributed by atoms with van der Waals surface area (Å²) < 4.78 is 1.92. The van der Waals surface area contributed by atoms with Gasteiger partial charge in [0.05, 0.1) is 23.1 Å². The lowest BCUT2D eigenvalue weighted by atomic mass is 10.2. The summed E-state index contributed by atoms with van der Waals surface area (Å²) in [4.78, 5) is 15.2. The predicted octanol–water partition coefficient (Wildman–Crippen LogP) is 2.59. The number of aryl methyl sites for hydroxylation is 1. The van der Waals surface area contributed by atoms with Crippen molar-refractivity contribution in [2.45, 2.75) is 26.8 Å². The fourth-order valence-electron chi connectivity index (χ4n) is 1.83. The highest BCUT2D eigenvalue weighted by molar-refractivity contribution is 5.96. The van der Waals surface area contributed by atoms with E-state index < -0.39 is 0 Å². The van der Waals surface area contributed by atoms with E-state index in [-0.39, 0.29) is 0 Å². The second kappa shape index (κ2) is 4.49. The van der Waals surface area contributed by atoms with Gasteiger partial charge in [0.15, 0.2) is 6.29 Å². The molecule has 0 aromatic carbocycles. The van der Waals surface area contributed by atoms with Crippen LogP contribution in [0.15, 0.2) is 18.5 Å². The molecule has 0 aliphatic heterocycles. The molecule has 17 heavy (non-hydrogen) atoms. The van der Waals surface area contributed by atoms with Crippen LogP contribution in [0.3, 0.4) is 0 Å². The summed E-state index contributed by atoms with van der Waals surface area (Å²) in [7, 11) is 0. The average molecular weight is 229 g/mol. The Morgan fingerprint density at radius 2 is 2.35 bits per heavy atom. The minimum absolute atomic E-state index is 0.520. The molecule has 0 atom stereocenters. The van der Waals surface area contributed by atoms with Crippen molar-refractivity contribution in [3.63, 3.8) is 0 Å². The van der Waals surface area contributed by atoms with Gasteiger partial charge in [0, 0.05) is 18.1 Å². The summed E-state index contributed by atoms with van der Waals surface area (Å²) in [5.41, 5.74) is 3.92. The van der Waals surface area contributed by atoms with Gasteiger partial charge in [-0.15, -0.1) is 0 Å². The molecule has 0 spiro atoms. The fourth-order valence-corrected chi connectivity index (χ4v) is 1.83. The first-order valence-corrected chi connectivity index (χ1v) is 5.62. The van der Waals surface area contributed by atoms with Crippen LogP contribution in [-0.2, 0) is 6.54 Å². The minimum atomic E-state index is 0.520. The predicted molar refractivity (Wildman–Crippen MR) is 67.9 cm³/mol. The molecule has 0 bridgehead atoms. The second-order valence-corrected chi connectivity index (χ2v) is 4.17. The van der Waals surface area contributed by atoms with Crippen molar-refractivity contribution in [3.8, 4) is 0 Å². The first kappa shape index (κ1) is 11.5. The minimum Gasteiger partial charge on any atom is -0.340 e. The Bertz CT molecular complexity index is 584. The van der Waals surface area contributed by atoms with Crippen LogP contribution in [0.2, 0.25) is 0 Å². The Labute approximate surface area is 99.8 Å². The number of fused-ring (bicyclic) bond motifs is 1. The SMILES string of the molecule is CCC(=N)Cn1cc(C=O)c2ncc(C)cc21. The van der Waals surface area contributed by atoms with Crippen LogP contribution in [0.5, 0.6) is 0 Å². The largest absolute Gasteiger partial charge is 0.340 e. The summed E-state index contributed by atoms with van der Waals surface area (Å²) in [6.45, 7) is 4.44. The average Bonchev–Trinajstić information content (AvgIpc) is 2.66. The molecule has 0 unspecified atom stereocenters. The number of aromatic nitrogens is 2. The van der Waals surface area contributed by atoms with E-state index in [1.165, 1.54) is 0 Å². The Morgan fingerprint density at radius 1 is 1.59 bits per heavy atom. The van der Waals surface area contributed by atoms with Crippen LogP contribution in [0.1, 0.15) is 29.3 Å². The van der Waals surface area contributed by atoms with Gasteiger partial charge in [-0.25, -0.2) is 0 Å². The van der Waals surface area contributed by atoms with Gasteiger partial charge < -0.3 is 9.98 Å². The van der Waals surface area contributed by atoms with Gasteiger partial charge in [-0.1, -0.05) is 6.92 Å². The topological polar surface area (TPSA) is 58.7 Å². The molecule has 2 aromatic heterocycles. The van der Waals surface area contributed by atoms with Crippen molar-refractivity contribution in [1.29, 1.82) is 5.41 Å². The van der Waals surface area contributed by atoms with Crippen molar-refractivity contribution >= 4 is 23.0 Å². The highest BCUT2D eigenvalue weighted by Gasteiger charge is 2.10. The normalized spacial score (nSPS) is 10.7. The first-order valence-electron chi connectivity index (χ1n) is 5.62. The van der Waals surface area contributed by atoms with Crippen LogP contribution >= 0.6 is 0 Å². The summed E-state index contributed by atoms with van der Waals surface area (Å²) in [5, 5.41) is 7.74. The molecule has 0 amide bonds. The fraction of sp³-hybridized carbons (Fsp3) is 0.308. The number of aldehydes is 1. The molecule has 2 rings (SSSR count). The van der Waals surface area contributed by atoms with E-state index in [1.54, 1.807) is 12.4 Å². The zero-order chi connectivity index (χ0) is 12.4. The van der Waals surface area contributed by atoms with E-state index >= 15 is 0 Å². The Kier molecular flexibility index (Phi) is 3.04. The molecular weight excluding hydrogens is 214 g/mol.